The van der Waals surface area contributed by atoms with Gasteiger partial charge in [0.15, 0.2) is 5.82 Å². The Morgan fingerprint density at radius 2 is 2.06 bits per heavy atom. The molecular formula is C13H15N5. The summed E-state index contributed by atoms with van der Waals surface area (Å²) in [6, 6.07) is 6.42. The van der Waals surface area contributed by atoms with E-state index in [9.17, 15) is 0 Å². The largest absolute Gasteiger partial charge is 0.382 e. The second-order valence-corrected chi connectivity index (χ2v) is 4.88. The molecule has 0 saturated heterocycles. The summed E-state index contributed by atoms with van der Waals surface area (Å²) in [5.41, 5.74) is 7.89. The zero-order chi connectivity index (χ0) is 12.5. The average Bonchev–Trinajstić information content (AvgIpc) is 2.84. The number of hydrogen-bond acceptors (Lipinski definition) is 4. The molecule has 5 nitrogen and oxygen atoms in total. The van der Waals surface area contributed by atoms with Gasteiger partial charge in [-0.1, -0.05) is 0 Å². The van der Waals surface area contributed by atoms with Crippen LogP contribution in [0.2, 0.25) is 0 Å². The molecule has 2 N–H and O–H groups in total. The van der Waals surface area contributed by atoms with Crippen molar-refractivity contribution in [3.05, 3.63) is 24.2 Å². The lowest BCUT2D eigenvalue weighted by Gasteiger charge is -2.24. The third kappa shape index (κ3) is 1.70. The fourth-order valence-corrected chi connectivity index (χ4v) is 2.80. The smallest absolute Gasteiger partial charge is 0.151 e. The normalized spacial score (nSPS) is 23.9. The molecule has 0 amide bonds. The van der Waals surface area contributed by atoms with Crippen molar-refractivity contribution < 1.29 is 0 Å². The number of nitrogens with zero attached hydrogens (tertiary/aromatic N) is 4. The molecule has 0 unspecified atom stereocenters. The highest BCUT2D eigenvalue weighted by Gasteiger charge is 2.24. The Labute approximate surface area is 105 Å². The first-order chi connectivity index (χ1) is 8.79. The minimum absolute atomic E-state index is 0.229. The van der Waals surface area contributed by atoms with E-state index in [1.165, 1.54) is 12.0 Å². The van der Waals surface area contributed by atoms with Gasteiger partial charge >= 0.3 is 0 Å². The number of rotatable bonds is 1. The summed E-state index contributed by atoms with van der Waals surface area (Å²) >= 11 is 0. The third-order valence-corrected chi connectivity index (χ3v) is 3.84. The van der Waals surface area contributed by atoms with Crippen molar-refractivity contribution in [1.82, 2.24) is 14.6 Å². The molecule has 1 fully saturated rings. The van der Waals surface area contributed by atoms with E-state index in [1.54, 1.807) is 0 Å². The minimum Gasteiger partial charge on any atom is -0.382 e. The van der Waals surface area contributed by atoms with Crippen LogP contribution in [0, 0.1) is 17.2 Å². The number of hydrogen-bond donors (Lipinski definition) is 1. The number of aromatic nitrogens is 3. The maximum Gasteiger partial charge on any atom is 0.151 e. The van der Waals surface area contributed by atoms with Gasteiger partial charge in [-0.05, 0) is 37.8 Å². The molecule has 0 atom stereocenters. The fourth-order valence-electron chi connectivity index (χ4n) is 2.80. The molecule has 18 heavy (non-hydrogen) atoms. The Bertz CT molecular complexity index is 601. The molecule has 3 rings (SSSR count). The summed E-state index contributed by atoms with van der Waals surface area (Å²) in [4.78, 5) is 3.99. The molecule has 0 aliphatic heterocycles. The van der Waals surface area contributed by atoms with Crippen LogP contribution in [0.4, 0.5) is 5.82 Å². The van der Waals surface area contributed by atoms with Crippen LogP contribution in [0.15, 0.2) is 18.5 Å². The van der Waals surface area contributed by atoms with Crippen molar-refractivity contribution in [2.75, 3.05) is 5.73 Å². The molecule has 2 heterocycles. The molecule has 1 saturated carbocycles. The molecule has 0 bridgehead atoms. The van der Waals surface area contributed by atoms with Crippen molar-refractivity contribution in [3.63, 3.8) is 0 Å². The zero-order valence-corrected chi connectivity index (χ0v) is 10.1. The van der Waals surface area contributed by atoms with E-state index in [0.29, 0.717) is 11.7 Å². The topological polar surface area (TPSA) is 80.0 Å². The summed E-state index contributed by atoms with van der Waals surface area (Å²) in [5.74, 6) is 1.22. The van der Waals surface area contributed by atoms with Gasteiger partial charge in [-0.25, -0.2) is 9.50 Å². The monoisotopic (exact) mass is 241 g/mol. The highest BCUT2D eigenvalue weighted by atomic mass is 15.3. The lowest BCUT2D eigenvalue weighted by Crippen LogP contribution is -2.14. The summed E-state index contributed by atoms with van der Waals surface area (Å²) in [6.07, 6.45) is 5.55. The first kappa shape index (κ1) is 11.0. The third-order valence-electron chi connectivity index (χ3n) is 3.84. The quantitative estimate of drug-likeness (QED) is 0.829. The Morgan fingerprint density at radius 1 is 1.28 bits per heavy atom. The van der Waals surface area contributed by atoms with E-state index in [-0.39, 0.29) is 5.92 Å². The van der Waals surface area contributed by atoms with Crippen LogP contribution in [0.1, 0.15) is 37.3 Å². The Morgan fingerprint density at radius 3 is 2.78 bits per heavy atom. The van der Waals surface area contributed by atoms with E-state index >= 15 is 0 Å². The lowest BCUT2D eigenvalue weighted by molar-refractivity contribution is 0.374. The van der Waals surface area contributed by atoms with Crippen LogP contribution in [0.25, 0.3) is 5.52 Å². The van der Waals surface area contributed by atoms with Gasteiger partial charge < -0.3 is 5.73 Å². The first-order valence-corrected chi connectivity index (χ1v) is 6.27. The Balaban J connectivity index is 1.92. The van der Waals surface area contributed by atoms with Crippen LogP contribution >= 0.6 is 0 Å². The van der Waals surface area contributed by atoms with Crippen LogP contribution in [-0.2, 0) is 0 Å². The highest BCUT2D eigenvalue weighted by molar-refractivity contribution is 5.65. The van der Waals surface area contributed by atoms with Gasteiger partial charge in [-0.15, -0.1) is 0 Å². The summed E-state index contributed by atoms with van der Waals surface area (Å²) in [7, 11) is 0. The number of nitrogens with two attached hydrogens (primary N) is 1. The van der Waals surface area contributed by atoms with Crippen molar-refractivity contribution in [2.24, 2.45) is 5.92 Å². The Hall–Kier alpha value is -2.09. The molecule has 0 spiro atoms. The van der Waals surface area contributed by atoms with Crippen molar-refractivity contribution >= 4 is 11.3 Å². The van der Waals surface area contributed by atoms with E-state index < -0.39 is 0 Å². The predicted octanol–water partition coefficient (Wildman–Crippen LogP) is 2.11. The zero-order valence-electron chi connectivity index (χ0n) is 10.1. The minimum atomic E-state index is 0.229. The summed E-state index contributed by atoms with van der Waals surface area (Å²) in [5, 5.41) is 13.2. The molecule has 1 aliphatic rings. The van der Waals surface area contributed by atoms with Gasteiger partial charge in [-0.2, -0.15) is 10.4 Å². The summed E-state index contributed by atoms with van der Waals surface area (Å²) < 4.78 is 1.89. The van der Waals surface area contributed by atoms with Crippen LogP contribution in [0.5, 0.6) is 0 Å². The first-order valence-electron chi connectivity index (χ1n) is 6.27. The lowest BCUT2D eigenvalue weighted by atomic mass is 9.81. The van der Waals surface area contributed by atoms with Crippen LogP contribution in [0.3, 0.4) is 0 Å². The van der Waals surface area contributed by atoms with Gasteiger partial charge in [0.25, 0.3) is 0 Å². The van der Waals surface area contributed by atoms with Crippen molar-refractivity contribution in [3.8, 4) is 6.07 Å². The molecule has 0 radical (unpaired) electrons. The van der Waals surface area contributed by atoms with Gasteiger partial charge in [0.05, 0.1) is 6.07 Å². The van der Waals surface area contributed by atoms with Crippen molar-refractivity contribution in [1.29, 1.82) is 5.26 Å². The SMILES string of the molecule is N#CC1CCC(c2ccc3c(N)ncnn23)CC1. The number of fused-ring (bicyclic) bond motifs is 1. The van der Waals surface area contributed by atoms with E-state index in [2.05, 4.69) is 22.2 Å². The molecule has 2 aromatic rings. The van der Waals surface area contributed by atoms with Gasteiger partial charge in [0.1, 0.15) is 11.8 Å². The predicted molar refractivity (Wildman–Crippen MR) is 67.7 cm³/mol. The van der Waals surface area contributed by atoms with E-state index in [4.69, 9.17) is 11.0 Å². The van der Waals surface area contributed by atoms with Crippen LogP contribution in [-0.4, -0.2) is 14.6 Å². The molecule has 5 heteroatoms. The Kier molecular flexibility index (Phi) is 2.63. The highest BCUT2D eigenvalue weighted by Crippen LogP contribution is 2.36. The van der Waals surface area contributed by atoms with Crippen LogP contribution < -0.4 is 5.73 Å². The molecule has 0 aromatic carbocycles. The molecule has 2 aromatic heterocycles. The standard InChI is InChI=1S/C13H15N5/c14-7-9-1-3-10(4-2-9)11-5-6-12-13(15)16-8-17-18(11)12/h5-6,8-10H,1-4H2,(H2,15,16,17). The second-order valence-electron chi connectivity index (χ2n) is 4.88. The average molecular weight is 241 g/mol. The van der Waals surface area contributed by atoms with Gasteiger partial charge in [-0.3, -0.25) is 0 Å². The second kappa shape index (κ2) is 4.30. The molecular weight excluding hydrogens is 226 g/mol. The maximum atomic E-state index is 8.92. The molecule has 1 aliphatic carbocycles. The number of anilines is 1. The van der Waals surface area contributed by atoms with Gasteiger partial charge in [0, 0.05) is 17.5 Å². The van der Waals surface area contributed by atoms with Gasteiger partial charge in [0.2, 0.25) is 0 Å². The van der Waals surface area contributed by atoms with E-state index in [1.807, 2.05) is 10.6 Å². The summed E-state index contributed by atoms with van der Waals surface area (Å²) in [6.45, 7) is 0. The fraction of sp³-hybridized carbons (Fsp3) is 0.462. The maximum absolute atomic E-state index is 8.92. The number of nitrogen functional groups attached to an aromatic ring is 1. The van der Waals surface area contributed by atoms with Crippen molar-refractivity contribution in [2.45, 2.75) is 31.6 Å². The molecule has 92 valence electrons. The number of nitriles is 1. The van der Waals surface area contributed by atoms with E-state index in [0.717, 1.165) is 31.2 Å².